The van der Waals surface area contributed by atoms with Gasteiger partial charge in [-0.2, -0.15) is 0 Å². The van der Waals surface area contributed by atoms with Gasteiger partial charge in [0.2, 0.25) is 0 Å². The fraction of sp³-hybridized carbons (Fsp3) is 0.250. The summed E-state index contributed by atoms with van der Waals surface area (Å²) in [4.78, 5) is 14.2. The summed E-state index contributed by atoms with van der Waals surface area (Å²) in [5, 5.41) is 4.31. The van der Waals surface area contributed by atoms with Gasteiger partial charge in [0.1, 0.15) is 0 Å². The number of aryl methyl sites for hydroxylation is 1. The molecule has 4 heteroatoms. The summed E-state index contributed by atoms with van der Waals surface area (Å²) in [5.74, 6) is 0. The van der Waals surface area contributed by atoms with Gasteiger partial charge in [-0.15, -0.1) is 0 Å². The van der Waals surface area contributed by atoms with Crippen LogP contribution >= 0.6 is 0 Å². The predicted molar refractivity (Wildman–Crippen MR) is 97.4 cm³/mol. The van der Waals surface area contributed by atoms with Crippen LogP contribution in [0.4, 0.5) is 10.5 Å². The molecule has 0 radical (unpaired) electrons. The number of fused-ring (bicyclic) bond motifs is 2. The fourth-order valence-electron chi connectivity index (χ4n) is 3.42. The summed E-state index contributed by atoms with van der Waals surface area (Å²) in [6.07, 6.45) is 3.97. The molecule has 4 rings (SSSR count). The summed E-state index contributed by atoms with van der Waals surface area (Å²) in [6, 6.07) is 18.7. The van der Waals surface area contributed by atoms with Crippen LogP contribution in [0.5, 0.6) is 0 Å². The topological polar surface area (TPSA) is 37.3 Å². The van der Waals surface area contributed by atoms with Crippen LogP contribution in [0, 0.1) is 0 Å². The minimum atomic E-state index is 0.0114. The number of nitrogens with one attached hydrogen (secondary N) is 1. The van der Waals surface area contributed by atoms with Crippen molar-refractivity contribution in [2.24, 2.45) is 0 Å². The van der Waals surface area contributed by atoms with Gasteiger partial charge in [0.15, 0.2) is 0 Å². The average molecular weight is 319 g/mol. The van der Waals surface area contributed by atoms with E-state index in [1.165, 1.54) is 16.5 Å². The Morgan fingerprint density at radius 3 is 2.83 bits per heavy atom. The molecule has 1 aliphatic heterocycles. The van der Waals surface area contributed by atoms with Gasteiger partial charge in [-0.1, -0.05) is 36.4 Å². The highest BCUT2D eigenvalue weighted by atomic mass is 16.2. The molecular weight excluding hydrogens is 298 g/mol. The number of para-hydroxylation sites is 2. The fourth-order valence-corrected chi connectivity index (χ4v) is 3.42. The van der Waals surface area contributed by atoms with Gasteiger partial charge in [0, 0.05) is 37.0 Å². The first-order valence-corrected chi connectivity index (χ1v) is 8.50. The lowest BCUT2D eigenvalue weighted by Gasteiger charge is -2.18. The van der Waals surface area contributed by atoms with Gasteiger partial charge in [0.25, 0.3) is 0 Å². The van der Waals surface area contributed by atoms with Crippen molar-refractivity contribution in [2.45, 2.75) is 19.4 Å². The molecule has 0 saturated carbocycles. The van der Waals surface area contributed by atoms with Crippen molar-refractivity contribution in [3.8, 4) is 0 Å². The van der Waals surface area contributed by atoms with E-state index in [2.05, 4.69) is 52.5 Å². The number of rotatable bonds is 4. The zero-order valence-corrected chi connectivity index (χ0v) is 13.6. The van der Waals surface area contributed by atoms with Crippen LogP contribution in [0.2, 0.25) is 0 Å². The van der Waals surface area contributed by atoms with Crippen molar-refractivity contribution in [1.29, 1.82) is 0 Å². The quantitative estimate of drug-likeness (QED) is 0.730. The third-order valence-electron chi connectivity index (χ3n) is 4.66. The second-order valence-electron chi connectivity index (χ2n) is 6.18. The molecule has 0 spiro atoms. The van der Waals surface area contributed by atoms with Crippen molar-refractivity contribution in [1.82, 2.24) is 9.88 Å². The SMILES string of the molecule is O=C(NCCCn1ccc2ccccc21)N1CCc2ccccc21. The molecule has 3 aromatic rings. The summed E-state index contributed by atoms with van der Waals surface area (Å²) in [5.41, 5.74) is 3.55. The van der Waals surface area contributed by atoms with Crippen LogP contribution in [0.25, 0.3) is 10.9 Å². The monoisotopic (exact) mass is 319 g/mol. The number of carbonyl (C=O) groups is 1. The summed E-state index contributed by atoms with van der Waals surface area (Å²) in [7, 11) is 0. The number of amides is 2. The average Bonchev–Trinajstić information content (AvgIpc) is 3.23. The molecule has 0 aliphatic carbocycles. The molecule has 2 heterocycles. The van der Waals surface area contributed by atoms with Gasteiger partial charge in [-0.3, -0.25) is 4.90 Å². The molecule has 2 amide bonds. The largest absolute Gasteiger partial charge is 0.347 e. The van der Waals surface area contributed by atoms with Gasteiger partial charge in [0.05, 0.1) is 0 Å². The Kier molecular flexibility index (Phi) is 3.95. The van der Waals surface area contributed by atoms with Crippen LogP contribution in [0.15, 0.2) is 60.8 Å². The molecule has 0 saturated heterocycles. The van der Waals surface area contributed by atoms with Crippen molar-refractivity contribution in [2.75, 3.05) is 18.0 Å². The molecule has 24 heavy (non-hydrogen) atoms. The summed E-state index contributed by atoms with van der Waals surface area (Å²) >= 11 is 0. The summed E-state index contributed by atoms with van der Waals surface area (Å²) in [6.45, 7) is 2.36. The maximum atomic E-state index is 12.4. The lowest BCUT2D eigenvalue weighted by molar-refractivity contribution is 0.246. The van der Waals surface area contributed by atoms with E-state index in [1.54, 1.807) is 0 Å². The molecule has 1 N–H and O–H groups in total. The molecule has 0 fully saturated rings. The third-order valence-corrected chi connectivity index (χ3v) is 4.66. The lowest BCUT2D eigenvalue weighted by atomic mass is 10.2. The van der Waals surface area contributed by atoms with Crippen LogP contribution in [0.1, 0.15) is 12.0 Å². The zero-order chi connectivity index (χ0) is 16.4. The highest BCUT2D eigenvalue weighted by molar-refractivity contribution is 5.94. The minimum absolute atomic E-state index is 0.0114. The number of anilines is 1. The standard InChI is InChI=1S/C20H21N3O/c24-20(23-15-11-17-7-2-4-9-19(17)23)21-12-5-13-22-14-10-16-6-1-3-8-18(16)22/h1-4,6-10,14H,5,11-13,15H2,(H,21,24). The van der Waals surface area contributed by atoms with E-state index in [0.29, 0.717) is 6.54 Å². The first kappa shape index (κ1) is 14.8. The maximum Gasteiger partial charge on any atom is 0.321 e. The molecule has 0 atom stereocenters. The smallest absolute Gasteiger partial charge is 0.321 e. The molecule has 122 valence electrons. The molecule has 0 bridgehead atoms. The molecule has 2 aromatic carbocycles. The minimum Gasteiger partial charge on any atom is -0.347 e. The molecule has 1 aliphatic rings. The van der Waals surface area contributed by atoms with E-state index in [-0.39, 0.29) is 6.03 Å². The van der Waals surface area contributed by atoms with Crippen molar-refractivity contribution in [3.05, 3.63) is 66.4 Å². The van der Waals surface area contributed by atoms with Gasteiger partial charge in [-0.05, 0) is 42.0 Å². The highest BCUT2D eigenvalue weighted by Crippen LogP contribution is 2.27. The first-order valence-electron chi connectivity index (χ1n) is 8.50. The second kappa shape index (κ2) is 6.40. The molecule has 4 nitrogen and oxygen atoms in total. The number of nitrogens with zero attached hydrogens (tertiary/aromatic N) is 2. The van der Waals surface area contributed by atoms with Crippen molar-refractivity contribution >= 4 is 22.6 Å². The van der Waals surface area contributed by atoms with E-state index in [1.807, 2.05) is 23.1 Å². The van der Waals surface area contributed by atoms with E-state index in [4.69, 9.17) is 0 Å². The first-order chi connectivity index (χ1) is 11.8. The molecular formula is C20H21N3O. The van der Waals surface area contributed by atoms with Gasteiger partial charge in [-0.25, -0.2) is 4.79 Å². The Hall–Kier alpha value is -2.75. The number of aromatic nitrogens is 1. The van der Waals surface area contributed by atoms with Crippen molar-refractivity contribution in [3.63, 3.8) is 0 Å². The Morgan fingerprint density at radius 2 is 1.88 bits per heavy atom. The highest BCUT2D eigenvalue weighted by Gasteiger charge is 2.23. The van der Waals surface area contributed by atoms with Crippen LogP contribution < -0.4 is 10.2 Å². The zero-order valence-electron chi connectivity index (χ0n) is 13.6. The Bertz CT molecular complexity index is 868. The summed E-state index contributed by atoms with van der Waals surface area (Å²) < 4.78 is 2.24. The van der Waals surface area contributed by atoms with E-state index >= 15 is 0 Å². The second-order valence-corrected chi connectivity index (χ2v) is 6.18. The third kappa shape index (κ3) is 2.75. The normalized spacial score (nSPS) is 13.2. The Balaban J connectivity index is 1.31. The number of hydrogen-bond donors (Lipinski definition) is 1. The Morgan fingerprint density at radius 1 is 1.04 bits per heavy atom. The number of carbonyl (C=O) groups excluding carboxylic acids is 1. The van der Waals surface area contributed by atoms with Crippen LogP contribution in [-0.2, 0) is 13.0 Å². The van der Waals surface area contributed by atoms with Crippen LogP contribution in [-0.4, -0.2) is 23.7 Å². The maximum absolute atomic E-state index is 12.4. The van der Waals surface area contributed by atoms with Gasteiger partial charge < -0.3 is 9.88 Å². The van der Waals surface area contributed by atoms with E-state index < -0.39 is 0 Å². The van der Waals surface area contributed by atoms with E-state index in [0.717, 1.165) is 31.6 Å². The molecule has 1 aromatic heterocycles. The molecule has 0 unspecified atom stereocenters. The Labute approximate surface area is 141 Å². The lowest BCUT2D eigenvalue weighted by Crippen LogP contribution is -2.39. The van der Waals surface area contributed by atoms with Gasteiger partial charge >= 0.3 is 6.03 Å². The van der Waals surface area contributed by atoms with Crippen LogP contribution in [0.3, 0.4) is 0 Å². The number of hydrogen-bond acceptors (Lipinski definition) is 1. The number of benzene rings is 2. The van der Waals surface area contributed by atoms with Crippen molar-refractivity contribution < 1.29 is 4.79 Å². The predicted octanol–water partition coefficient (Wildman–Crippen LogP) is 3.80. The van der Waals surface area contributed by atoms with E-state index in [9.17, 15) is 4.79 Å². The number of urea groups is 1.